The minimum atomic E-state index is -1.00. The number of nitrogens with two attached hydrogens (primary N) is 1. The Kier molecular flexibility index (Phi) is 4.53. The topological polar surface area (TPSA) is 95.7 Å². The molecule has 0 fully saturated rings. The summed E-state index contributed by atoms with van der Waals surface area (Å²) in [5.41, 5.74) is 7.06. The van der Waals surface area contributed by atoms with Gasteiger partial charge < -0.3 is 21.1 Å². The number of anilines is 2. The van der Waals surface area contributed by atoms with Gasteiger partial charge in [-0.2, -0.15) is 0 Å². The number of carboxylic acids is 1. The van der Waals surface area contributed by atoms with E-state index in [1.807, 2.05) is 0 Å². The Morgan fingerprint density at radius 2 is 2.11 bits per heavy atom. The standard InChI is InChI=1S/C12H17N3O3/c1-14-11(16)5-6-15(2)10-7-8(12(17)18)3-4-9(10)13/h3-4,7H,5-6,13H2,1-2H3,(H,14,16)(H,17,18). The van der Waals surface area contributed by atoms with Gasteiger partial charge in [0.2, 0.25) is 5.91 Å². The van der Waals surface area contributed by atoms with Crippen LogP contribution in [0.25, 0.3) is 0 Å². The van der Waals surface area contributed by atoms with Gasteiger partial charge in [-0.25, -0.2) is 4.79 Å². The number of nitrogens with zero attached hydrogens (tertiary/aromatic N) is 1. The van der Waals surface area contributed by atoms with Crippen LogP contribution in [0.5, 0.6) is 0 Å². The van der Waals surface area contributed by atoms with E-state index in [0.29, 0.717) is 24.3 Å². The van der Waals surface area contributed by atoms with Crippen LogP contribution < -0.4 is 16.0 Å². The van der Waals surface area contributed by atoms with Crippen LogP contribution in [0.15, 0.2) is 18.2 Å². The Morgan fingerprint density at radius 1 is 1.44 bits per heavy atom. The SMILES string of the molecule is CNC(=O)CCN(C)c1cc(C(=O)O)ccc1N. The molecule has 0 aliphatic rings. The van der Waals surface area contributed by atoms with E-state index in [4.69, 9.17) is 10.8 Å². The van der Waals surface area contributed by atoms with Gasteiger partial charge in [-0.3, -0.25) is 4.79 Å². The summed E-state index contributed by atoms with van der Waals surface area (Å²) in [6, 6.07) is 4.50. The molecule has 0 spiro atoms. The summed E-state index contributed by atoms with van der Waals surface area (Å²) in [4.78, 5) is 23.8. The molecular formula is C12H17N3O3. The molecule has 1 rings (SSSR count). The maximum atomic E-state index is 11.1. The molecule has 0 aliphatic heterocycles. The first-order valence-corrected chi connectivity index (χ1v) is 5.50. The maximum Gasteiger partial charge on any atom is 0.335 e. The zero-order valence-corrected chi connectivity index (χ0v) is 10.4. The fourth-order valence-electron chi connectivity index (χ4n) is 1.52. The number of hydrogen-bond acceptors (Lipinski definition) is 4. The van der Waals surface area contributed by atoms with E-state index in [1.165, 1.54) is 12.1 Å². The van der Waals surface area contributed by atoms with Crippen molar-refractivity contribution in [2.45, 2.75) is 6.42 Å². The number of rotatable bonds is 5. The number of nitrogen functional groups attached to an aromatic ring is 1. The Balaban J connectivity index is 2.84. The van der Waals surface area contributed by atoms with E-state index in [1.54, 1.807) is 25.1 Å². The highest BCUT2D eigenvalue weighted by Gasteiger charge is 2.11. The van der Waals surface area contributed by atoms with E-state index >= 15 is 0 Å². The molecule has 6 nitrogen and oxygen atoms in total. The summed E-state index contributed by atoms with van der Waals surface area (Å²) >= 11 is 0. The molecule has 1 aromatic carbocycles. The van der Waals surface area contributed by atoms with Gasteiger partial charge in [-0.15, -0.1) is 0 Å². The minimum absolute atomic E-state index is 0.0742. The normalized spacial score (nSPS) is 9.89. The van der Waals surface area contributed by atoms with Gasteiger partial charge in [-0.05, 0) is 18.2 Å². The summed E-state index contributed by atoms with van der Waals surface area (Å²) in [7, 11) is 3.34. The Labute approximate surface area is 105 Å². The van der Waals surface area contributed by atoms with Crippen LogP contribution in [0.2, 0.25) is 0 Å². The quantitative estimate of drug-likeness (QED) is 0.664. The van der Waals surface area contributed by atoms with Crippen molar-refractivity contribution in [1.82, 2.24) is 5.32 Å². The molecule has 18 heavy (non-hydrogen) atoms. The van der Waals surface area contributed by atoms with Gasteiger partial charge in [0.05, 0.1) is 16.9 Å². The Bertz CT molecular complexity index is 460. The van der Waals surface area contributed by atoms with Crippen LogP contribution in [0.3, 0.4) is 0 Å². The summed E-state index contributed by atoms with van der Waals surface area (Å²) in [6.45, 7) is 0.465. The Morgan fingerprint density at radius 3 is 2.67 bits per heavy atom. The highest BCUT2D eigenvalue weighted by Crippen LogP contribution is 2.23. The summed E-state index contributed by atoms with van der Waals surface area (Å²) in [6.07, 6.45) is 0.323. The molecule has 0 saturated carbocycles. The second kappa shape index (κ2) is 5.90. The molecule has 98 valence electrons. The van der Waals surface area contributed by atoms with Crippen molar-refractivity contribution in [3.8, 4) is 0 Å². The van der Waals surface area contributed by atoms with Gasteiger partial charge in [0, 0.05) is 27.1 Å². The second-order valence-electron chi connectivity index (χ2n) is 3.92. The number of amides is 1. The monoisotopic (exact) mass is 251 g/mol. The zero-order chi connectivity index (χ0) is 13.7. The van der Waals surface area contributed by atoms with Crippen molar-refractivity contribution in [2.24, 2.45) is 0 Å². The Hall–Kier alpha value is -2.24. The van der Waals surface area contributed by atoms with Crippen molar-refractivity contribution in [3.63, 3.8) is 0 Å². The number of carbonyl (C=O) groups is 2. The second-order valence-corrected chi connectivity index (χ2v) is 3.92. The lowest BCUT2D eigenvalue weighted by atomic mass is 10.1. The van der Waals surface area contributed by atoms with Gasteiger partial charge >= 0.3 is 5.97 Å². The van der Waals surface area contributed by atoms with Crippen LogP contribution in [-0.4, -0.2) is 37.6 Å². The highest BCUT2D eigenvalue weighted by atomic mass is 16.4. The average Bonchev–Trinajstić information content (AvgIpc) is 2.35. The lowest BCUT2D eigenvalue weighted by Crippen LogP contribution is -2.27. The maximum absolute atomic E-state index is 11.1. The number of carbonyl (C=O) groups excluding carboxylic acids is 1. The van der Waals surface area contributed by atoms with E-state index in [2.05, 4.69) is 5.32 Å². The third kappa shape index (κ3) is 3.38. The molecule has 4 N–H and O–H groups in total. The summed E-state index contributed by atoms with van der Waals surface area (Å²) in [5, 5.41) is 11.4. The predicted molar refractivity (Wildman–Crippen MR) is 69.8 cm³/mol. The van der Waals surface area contributed by atoms with Crippen molar-refractivity contribution in [1.29, 1.82) is 0 Å². The molecule has 0 aliphatic carbocycles. The number of aromatic carboxylic acids is 1. The van der Waals surface area contributed by atoms with Crippen LogP contribution in [0, 0.1) is 0 Å². The summed E-state index contributed by atoms with van der Waals surface area (Å²) in [5.74, 6) is -1.08. The van der Waals surface area contributed by atoms with Crippen LogP contribution in [0.1, 0.15) is 16.8 Å². The molecule has 0 heterocycles. The van der Waals surface area contributed by atoms with E-state index in [-0.39, 0.29) is 11.5 Å². The zero-order valence-electron chi connectivity index (χ0n) is 10.4. The first kappa shape index (κ1) is 13.8. The molecule has 6 heteroatoms. The van der Waals surface area contributed by atoms with Crippen LogP contribution in [-0.2, 0) is 4.79 Å². The fourth-order valence-corrected chi connectivity index (χ4v) is 1.52. The smallest absolute Gasteiger partial charge is 0.335 e. The van der Waals surface area contributed by atoms with E-state index in [9.17, 15) is 9.59 Å². The molecular weight excluding hydrogens is 234 g/mol. The lowest BCUT2D eigenvalue weighted by Gasteiger charge is -2.21. The van der Waals surface area contributed by atoms with E-state index in [0.717, 1.165) is 0 Å². The number of hydrogen-bond donors (Lipinski definition) is 3. The van der Waals surface area contributed by atoms with Crippen molar-refractivity contribution in [2.75, 3.05) is 31.3 Å². The number of benzene rings is 1. The molecule has 0 bridgehead atoms. The molecule has 0 aromatic heterocycles. The number of carboxylic acid groups (broad SMARTS) is 1. The van der Waals surface area contributed by atoms with Gasteiger partial charge in [0.15, 0.2) is 0 Å². The highest BCUT2D eigenvalue weighted by molar-refractivity contribution is 5.90. The van der Waals surface area contributed by atoms with Crippen LogP contribution >= 0.6 is 0 Å². The van der Waals surface area contributed by atoms with Gasteiger partial charge in [0.1, 0.15) is 0 Å². The molecule has 1 aromatic rings. The average molecular weight is 251 g/mol. The lowest BCUT2D eigenvalue weighted by molar-refractivity contribution is -0.120. The molecule has 0 saturated heterocycles. The van der Waals surface area contributed by atoms with Crippen molar-refractivity contribution >= 4 is 23.3 Å². The molecule has 0 atom stereocenters. The van der Waals surface area contributed by atoms with Crippen molar-refractivity contribution in [3.05, 3.63) is 23.8 Å². The van der Waals surface area contributed by atoms with E-state index < -0.39 is 5.97 Å². The fraction of sp³-hybridized carbons (Fsp3) is 0.333. The minimum Gasteiger partial charge on any atom is -0.478 e. The van der Waals surface area contributed by atoms with Gasteiger partial charge in [0.25, 0.3) is 0 Å². The van der Waals surface area contributed by atoms with Crippen LogP contribution in [0.4, 0.5) is 11.4 Å². The molecule has 0 radical (unpaired) electrons. The first-order valence-electron chi connectivity index (χ1n) is 5.50. The summed E-state index contributed by atoms with van der Waals surface area (Å²) < 4.78 is 0. The first-order chi connectivity index (χ1) is 8.45. The van der Waals surface area contributed by atoms with Gasteiger partial charge in [-0.1, -0.05) is 0 Å². The molecule has 1 amide bonds. The number of nitrogens with one attached hydrogen (secondary N) is 1. The molecule has 0 unspecified atom stereocenters. The largest absolute Gasteiger partial charge is 0.478 e. The van der Waals surface area contributed by atoms with Crippen molar-refractivity contribution < 1.29 is 14.7 Å². The third-order valence-corrected chi connectivity index (χ3v) is 2.64. The predicted octanol–water partition coefficient (Wildman–Crippen LogP) is 0.539. The third-order valence-electron chi connectivity index (χ3n) is 2.64.